The Hall–Kier alpha value is -4.01. The standard InChI is InChI=1S/C26H26F3N3O3/c1-2-3-13-35-23-12-6-9-20(16-23)30-17-24(33)31-21-10-4-7-18(14-21)25(34)32-22-11-5-8-19(15-22)26(27,28)29/h4-12,14-16,30H,2-3,13,17H2,1H3,(H,31,33)(H,32,34). The van der Waals surface area contributed by atoms with Crippen LogP contribution >= 0.6 is 0 Å². The zero-order valence-corrected chi connectivity index (χ0v) is 19.1. The molecule has 6 nitrogen and oxygen atoms in total. The molecule has 0 aliphatic rings. The summed E-state index contributed by atoms with van der Waals surface area (Å²) < 4.78 is 44.3. The lowest BCUT2D eigenvalue weighted by molar-refractivity contribution is -0.137. The highest BCUT2D eigenvalue weighted by atomic mass is 19.4. The number of halogens is 3. The van der Waals surface area contributed by atoms with Gasteiger partial charge in [-0.2, -0.15) is 13.2 Å². The number of benzene rings is 3. The molecular formula is C26H26F3N3O3. The molecule has 0 aliphatic heterocycles. The molecule has 0 saturated carbocycles. The SMILES string of the molecule is CCCCOc1cccc(NCC(=O)Nc2cccc(C(=O)Nc3cccc(C(F)(F)F)c3)c2)c1. The monoisotopic (exact) mass is 485 g/mol. The van der Waals surface area contributed by atoms with Crippen molar-refractivity contribution in [3.05, 3.63) is 83.9 Å². The van der Waals surface area contributed by atoms with E-state index in [1.54, 1.807) is 12.1 Å². The topological polar surface area (TPSA) is 79.5 Å². The van der Waals surface area contributed by atoms with Crippen molar-refractivity contribution < 1.29 is 27.5 Å². The Labute approximate surface area is 201 Å². The lowest BCUT2D eigenvalue weighted by Gasteiger charge is -2.12. The molecule has 3 N–H and O–H groups in total. The number of rotatable bonds is 10. The molecule has 0 saturated heterocycles. The Morgan fingerprint density at radius 3 is 2.29 bits per heavy atom. The van der Waals surface area contributed by atoms with Crippen LogP contribution in [0.3, 0.4) is 0 Å². The van der Waals surface area contributed by atoms with Crippen molar-refractivity contribution in [2.45, 2.75) is 25.9 Å². The molecule has 3 aromatic rings. The summed E-state index contributed by atoms with van der Waals surface area (Å²) in [7, 11) is 0. The van der Waals surface area contributed by atoms with Crippen LogP contribution in [0.5, 0.6) is 5.75 Å². The number of hydrogen-bond donors (Lipinski definition) is 3. The van der Waals surface area contributed by atoms with Gasteiger partial charge in [0, 0.05) is 28.7 Å². The third-order valence-corrected chi connectivity index (χ3v) is 4.91. The Kier molecular flexibility index (Phi) is 8.72. The minimum Gasteiger partial charge on any atom is -0.494 e. The fourth-order valence-electron chi connectivity index (χ4n) is 3.13. The number of alkyl halides is 3. The molecule has 0 radical (unpaired) electrons. The van der Waals surface area contributed by atoms with Crippen LogP contribution in [-0.4, -0.2) is 25.0 Å². The van der Waals surface area contributed by atoms with Gasteiger partial charge in [0.1, 0.15) is 5.75 Å². The molecule has 184 valence electrons. The molecular weight excluding hydrogens is 459 g/mol. The van der Waals surface area contributed by atoms with Gasteiger partial charge in [0.05, 0.1) is 18.7 Å². The van der Waals surface area contributed by atoms with E-state index in [9.17, 15) is 22.8 Å². The third-order valence-electron chi connectivity index (χ3n) is 4.91. The summed E-state index contributed by atoms with van der Waals surface area (Å²) in [6.45, 7) is 2.69. The van der Waals surface area contributed by atoms with Crippen molar-refractivity contribution in [3.8, 4) is 5.75 Å². The van der Waals surface area contributed by atoms with Crippen LogP contribution in [-0.2, 0) is 11.0 Å². The second-order valence-electron chi connectivity index (χ2n) is 7.75. The third kappa shape index (κ3) is 8.06. The average molecular weight is 486 g/mol. The molecule has 3 rings (SSSR count). The Bertz CT molecular complexity index is 1170. The summed E-state index contributed by atoms with van der Waals surface area (Å²) in [6, 6.07) is 17.8. The van der Waals surface area contributed by atoms with Crippen LogP contribution in [0.1, 0.15) is 35.7 Å². The summed E-state index contributed by atoms with van der Waals surface area (Å²) in [6.07, 6.45) is -2.52. The second-order valence-corrected chi connectivity index (χ2v) is 7.75. The van der Waals surface area contributed by atoms with E-state index in [0.717, 1.165) is 30.7 Å². The molecule has 0 aromatic heterocycles. The average Bonchev–Trinajstić information content (AvgIpc) is 2.83. The number of hydrogen-bond acceptors (Lipinski definition) is 4. The van der Waals surface area contributed by atoms with Gasteiger partial charge in [0.2, 0.25) is 5.91 Å². The number of ether oxygens (including phenoxy) is 1. The van der Waals surface area contributed by atoms with E-state index in [4.69, 9.17) is 4.74 Å². The van der Waals surface area contributed by atoms with Crippen molar-refractivity contribution in [3.63, 3.8) is 0 Å². The molecule has 2 amide bonds. The van der Waals surface area contributed by atoms with Gasteiger partial charge in [-0.15, -0.1) is 0 Å². The summed E-state index contributed by atoms with van der Waals surface area (Å²) in [5.74, 6) is -0.223. The molecule has 9 heteroatoms. The minimum absolute atomic E-state index is 0.0148. The summed E-state index contributed by atoms with van der Waals surface area (Å²) in [4.78, 5) is 24.9. The van der Waals surface area contributed by atoms with Crippen LogP contribution in [0.4, 0.5) is 30.2 Å². The van der Waals surface area contributed by atoms with E-state index in [1.165, 1.54) is 24.3 Å². The van der Waals surface area contributed by atoms with Crippen molar-refractivity contribution in [2.75, 3.05) is 29.1 Å². The highest BCUT2D eigenvalue weighted by Gasteiger charge is 2.30. The normalized spacial score (nSPS) is 11.0. The van der Waals surface area contributed by atoms with Crippen molar-refractivity contribution >= 4 is 28.9 Å². The lowest BCUT2D eigenvalue weighted by Crippen LogP contribution is -2.22. The van der Waals surface area contributed by atoms with E-state index in [2.05, 4.69) is 22.9 Å². The van der Waals surface area contributed by atoms with Crippen molar-refractivity contribution in [2.24, 2.45) is 0 Å². The first-order chi connectivity index (χ1) is 16.7. The van der Waals surface area contributed by atoms with Crippen molar-refractivity contribution in [1.29, 1.82) is 0 Å². The number of carbonyl (C=O) groups excluding carboxylic acids is 2. The summed E-state index contributed by atoms with van der Waals surface area (Å²) in [5, 5.41) is 8.16. The summed E-state index contributed by atoms with van der Waals surface area (Å²) in [5.41, 5.74) is 0.449. The first-order valence-electron chi connectivity index (χ1n) is 11.1. The fraction of sp³-hybridized carbons (Fsp3) is 0.231. The zero-order valence-electron chi connectivity index (χ0n) is 19.1. The molecule has 0 aliphatic carbocycles. The molecule has 0 atom stereocenters. The first kappa shape index (κ1) is 25.6. The maximum absolute atomic E-state index is 12.9. The van der Waals surface area contributed by atoms with Gasteiger partial charge >= 0.3 is 6.18 Å². The van der Waals surface area contributed by atoms with Gasteiger partial charge in [-0.1, -0.05) is 31.5 Å². The predicted octanol–water partition coefficient (Wildman–Crippen LogP) is 6.19. The first-order valence-corrected chi connectivity index (χ1v) is 11.1. The van der Waals surface area contributed by atoms with E-state index in [-0.39, 0.29) is 23.7 Å². The Morgan fingerprint density at radius 2 is 1.54 bits per heavy atom. The predicted molar refractivity (Wildman–Crippen MR) is 130 cm³/mol. The molecule has 0 fully saturated rings. The van der Waals surface area contributed by atoms with Gasteiger partial charge in [-0.05, 0) is 55.0 Å². The highest BCUT2D eigenvalue weighted by Crippen LogP contribution is 2.30. The smallest absolute Gasteiger partial charge is 0.416 e. The number of unbranched alkanes of at least 4 members (excludes halogenated alkanes) is 1. The van der Waals surface area contributed by atoms with E-state index in [0.29, 0.717) is 18.0 Å². The molecule has 0 unspecified atom stereocenters. The largest absolute Gasteiger partial charge is 0.494 e. The van der Waals surface area contributed by atoms with Gasteiger partial charge in [-0.3, -0.25) is 9.59 Å². The molecule has 0 heterocycles. The van der Waals surface area contributed by atoms with E-state index in [1.807, 2.05) is 24.3 Å². The van der Waals surface area contributed by atoms with Gasteiger partial charge in [0.15, 0.2) is 0 Å². The van der Waals surface area contributed by atoms with Gasteiger partial charge in [0.25, 0.3) is 5.91 Å². The molecule has 0 spiro atoms. The van der Waals surface area contributed by atoms with Gasteiger partial charge in [-0.25, -0.2) is 0 Å². The van der Waals surface area contributed by atoms with Crippen LogP contribution in [0.2, 0.25) is 0 Å². The van der Waals surface area contributed by atoms with E-state index >= 15 is 0 Å². The van der Waals surface area contributed by atoms with Gasteiger partial charge < -0.3 is 20.7 Å². The number of anilines is 3. The highest BCUT2D eigenvalue weighted by molar-refractivity contribution is 6.05. The summed E-state index contributed by atoms with van der Waals surface area (Å²) >= 11 is 0. The molecule has 35 heavy (non-hydrogen) atoms. The zero-order chi connectivity index (χ0) is 25.3. The van der Waals surface area contributed by atoms with Crippen LogP contribution < -0.4 is 20.7 Å². The lowest BCUT2D eigenvalue weighted by atomic mass is 10.1. The van der Waals surface area contributed by atoms with Crippen LogP contribution in [0.15, 0.2) is 72.8 Å². The van der Waals surface area contributed by atoms with Crippen LogP contribution in [0.25, 0.3) is 0 Å². The number of carbonyl (C=O) groups is 2. The number of nitrogens with one attached hydrogen (secondary N) is 3. The Morgan fingerprint density at radius 1 is 0.857 bits per heavy atom. The van der Waals surface area contributed by atoms with Crippen molar-refractivity contribution in [1.82, 2.24) is 0 Å². The second kappa shape index (κ2) is 11.9. The Balaban J connectivity index is 1.56. The van der Waals surface area contributed by atoms with Crippen LogP contribution in [0, 0.1) is 0 Å². The molecule has 3 aromatic carbocycles. The minimum atomic E-state index is -4.51. The quantitative estimate of drug-likeness (QED) is 0.299. The number of amides is 2. The maximum Gasteiger partial charge on any atom is 0.416 e. The fourth-order valence-corrected chi connectivity index (χ4v) is 3.13. The molecule has 0 bridgehead atoms. The van der Waals surface area contributed by atoms with E-state index < -0.39 is 17.6 Å². The maximum atomic E-state index is 12.9.